The van der Waals surface area contributed by atoms with Gasteiger partial charge in [0.15, 0.2) is 0 Å². The lowest BCUT2D eigenvalue weighted by Gasteiger charge is -2.27. The molecule has 2 aromatic heterocycles. The van der Waals surface area contributed by atoms with Gasteiger partial charge >= 0.3 is 0 Å². The van der Waals surface area contributed by atoms with Crippen LogP contribution in [0.2, 0.25) is 0 Å². The molecule has 26 heavy (non-hydrogen) atoms. The van der Waals surface area contributed by atoms with E-state index in [-0.39, 0.29) is 11.4 Å². The van der Waals surface area contributed by atoms with Crippen molar-refractivity contribution in [3.05, 3.63) is 63.8 Å². The number of carbonyl (C=O) groups is 2. The van der Waals surface area contributed by atoms with Gasteiger partial charge in [-0.15, -0.1) is 11.3 Å². The maximum Gasteiger partial charge on any atom is 0.239 e. The number of quaternary nitrogens is 1. The number of hydrogen-bond donors (Lipinski definition) is 1. The molecule has 0 aliphatic carbocycles. The summed E-state index contributed by atoms with van der Waals surface area (Å²) in [6.07, 6.45) is 3.99. The van der Waals surface area contributed by atoms with Crippen LogP contribution in [0.1, 0.15) is 27.7 Å². The molecule has 0 saturated carbocycles. The van der Waals surface area contributed by atoms with Gasteiger partial charge in [-0.2, -0.15) is 0 Å². The fourth-order valence-electron chi connectivity index (χ4n) is 3.13. The Kier molecular flexibility index (Phi) is 5.49. The van der Waals surface area contributed by atoms with Crippen LogP contribution in [0.4, 0.5) is 0 Å². The van der Waals surface area contributed by atoms with Gasteiger partial charge in [-0.25, -0.2) is 0 Å². The van der Waals surface area contributed by atoms with E-state index in [2.05, 4.69) is 4.98 Å². The Morgan fingerprint density at radius 1 is 1.35 bits per heavy atom. The molecule has 1 amide bonds. The summed E-state index contributed by atoms with van der Waals surface area (Å²) >= 11 is 1.27. The second kappa shape index (κ2) is 7.80. The van der Waals surface area contributed by atoms with Gasteiger partial charge in [0, 0.05) is 30.9 Å². The van der Waals surface area contributed by atoms with Gasteiger partial charge < -0.3 is 14.9 Å². The summed E-state index contributed by atoms with van der Waals surface area (Å²) in [7, 11) is 4.07. The predicted molar refractivity (Wildman–Crippen MR) is 96.7 cm³/mol. The zero-order valence-corrected chi connectivity index (χ0v) is 15.6. The first kappa shape index (κ1) is 18.3. The van der Waals surface area contributed by atoms with E-state index >= 15 is 0 Å². The minimum atomic E-state index is -0.700. The molecule has 7 heteroatoms. The monoisotopic (exact) mass is 371 g/mol. The minimum absolute atomic E-state index is 0.0302. The van der Waals surface area contributed by atoms with Crippen molar-refractivity contribution >= 4 is 23.0 Å². The van der Waals surface area contributed by atoms with E-state index in [4.69, 9.17) is 0 Å². The lowest BCUT2D eigenvalue weighted by Crippen LogP contribution is -3.05. The number of aromatic nitrogens is 1. The Bertz CT molecular complexity index is 816. The van der Waals surface area contributed by atoms with Gasteiger partial charge in [0.2, 0.25) is 11.7 Å². The third-order valence-corrected chi connectivity index (χ3v) is 5.22. The molecule has 0 saturated heterocycles. The third kappa shape index (κ3) is 3.54. The lowest BCUT2D eigenvalue weighted by atomic mass is 9.96. The zero-order chi connectivity index (χ0) is 18.7. The number of amides is 1. The van der Waals surface area contributed by atoms with E-state index in [1.165, 1.54) is 21.1 Å². The van der Waals surface area contributed by atoms with Crippen molar-refractivity contribution in [3.63, 3.8) is 0 Å². The highest BCUT2D eigenvalue weighted by Gasteiger charge is 2.39. The van der Waals surface area contributed by atoms with Crippen LogP contribution < -0.4 is 10.0 Å². The Labute approximate surface area is 156 Å². The van der Waals surface area contributed by atoms with Crippen molar-refractivity contribution < 1.29 is 19.6 Å². The number of Topliss-reactive ketones (excluding diaryl/α,β-unsaturated/α-hetero) is 1. The molecule has 1 N–H and O–H groups in total. The summed E-state index contributed by atoms with van der Waals surface area (Å²) in [4.78, 5) is 32.9. The van der Waals surface area contributed by atoms with Crippen molar-refractivity contribution in [3.8, 4) is 0 Å². The van der Waals surface area contributed by atoms with Crippen LogP contribution in [0, 0.1) is 0 Å². The van der Waals surface area contributed by atoms with E-state index in [1.807, 2.05) is 14.1 Å². The molecule has 0 radical (unpaired) electrons. The van der Waals surface area contributed by atoms with Crippen molar-refractivity contribution in [2.24, 2.45) is 0 Å². The highest BCUT2D eigenvalue weighted by atomic mass is 32.1. The molecule has 3 rings (SSSR count). The minimum Gasteiger partial charge on any atom is -0.868 e. The van der Waals surface area contributed by atoms with Gasteiger partial charge in [-0.3, -0.25) is 14.6 Å². The van der Waals surface area contributed by atoms with E-state index in [0.29, 0.717) is 17.0 Å². The Morgan fingerprint density at radius 3 is 2.77 bits per heavy atom. The molecular formula is C19H21N3O3S. The summed E-state index contributed by atoms with van der Waals surface area (Å²) in [5, 5.41) is 14.4. The Balaban J connectivity index is 1.97. The third-order valence-electron chi connectivity index (χ3n) is 4.35. The number of hydrogen-bond acceptors (Lipinski definition) is 5. The second-order valence-electron chi connectivity index (χ2n) is 6.55. The highest BCUT2D eigenvalue weighted by molar-refractivity contribution is 7.12. The molecule has 6 nitrogen and oxygen atoms in total. The standard InChI is InChI=1S/C19H21N3O3S/c1-21(2)9-5-10-22-16(13-6-3-8-20-12-13)15(18(24)19(22)25)17(23)14-7-4-11-26-14/h3-4,6-8,11-12,16,24H,5,9-10H2,1-2H3. The summed E-state index contributed by atoms with van der Waals surface area (Å²) in [6.45, 7) is 1.29. The second-order valence-corrected chi connectivity index (χ2v) is 7.50. The maximum absolute atomic E-state index is 12.9. The van der Waals surface area contributed by atoms with Gasteiger partial charge in [0.25, 0.3) is 0 Å². The highest BCUT2D eigenvalue weighted by Crippen LogP contribution is 2.38. The van der Waals surface area contributed by atoms with Gasteiger partial charge in [-0.1, -0.05) is 12.1 Å². The average Bonchev–Trinajstić information content (AvgIpc) is 3.24. The molecule has 136 valence electrons. The summed E-state index contributed by atoms with van der Waals surface area (Å²) in [5.74, 6) is -1.67. The van der Waals surface area contributed by atoms with E-state index < -0.39 is 17.7 Å². The molecule has 1 aliphatic heterocycles. The van der Waals surface area contributed by atoms with Crippen LogP contribution in [-0.2, 0) is 4.79 Å². The Hall–Kier alpha value is -2.51. The van der Waals surface area contributed by atoms with Crippen LogP contribution in [-0.4, -0.2) is 48.8 Å². The molecule has 0 fully saturated rings. The van der Waals surface area contributed by atoms with Gasteiger partial charge in [0.05, 0.1) is 31.6 Å². The Morgan fingerprint density at radius 2 is 2.15 bits per heavy atom. The summed E-state index contributed by atoms with van der Waals surface area (Å²) in [6, 6.07) is 6.32. The number of nitrogens with one attached hydrogen (secondary N) is 1. The first-order valence-corrected chi connectivity index (χ1v) is 9.38. The fourth-order valence-corrected chi connectivity index (χ4v) is 3.81. The maximum atomic E-state index is 12.9. The molecule has 3 heterocycles. The number of thiophene rings is 1. The largest absolute Gasteiger partial charge is 0.868 e. The molecule has 0 bridgehead atoms. The predicted octanol–water partition coefficient (Wildman–Crippen LogP) is 0.0583. The lowest BCUT2D eigenvalue weighted by molar-refractivity contribution is -0.858. The van der Waals surface area contributed by atoms with Crippen molar-refractivity contribution in [1.29, 1.82) is 0 Å². The van der Waals surface area contributed by atoms with Crippen LogP contribution in [0.25, 0.3) is 0 Å². The van der Waals surface area contributed by atoms with Crippen molar-refractivity contribution in [2.45, 2.75) is 12.5 Å². The number of nitrogens with zero attached hydrogens (tertiary/aromatic N) is 2. The summed E-state index contributed by atoms with van der Waals surface area (Å²) in [5.41, 5.74) is 0.714. The van der Waals surface area contributed by atoms with Crippen LogP contribution in [0.5, 0.6) is 0 Å². The first-order valence-electron chi connectivity index (χ1n) is 8.50. The van der Waals surface area contributed by atoms with E-state index in [9.17, 15) is 14.7 Å². The fraction of sp³-hybridized carbons (Fsp3) is 0.316. The van der Waals surface area contributed by atoms with Crippen LogP contribution in [0.15, 0.2) is 53.4 Å². The number of ketones is 1. The van der Waals surface area contributed by atoms with E-state index in [0.717, 1.165) is 13.0 Å². The SMILES string of the molecule is C[NH+](C)CCCN1C(=O)C([O-])=C(C(=O)c2cccs2)C1c1cccnc1. The van der Waals surface area contributed by atoms with Crippen LogP contribution in [0.3, 0.4) is 0 Å². The number of pyridine rings is 1. The molecule has 2 aromatic rings. The number of rotatable bonds is 7. The van der Waals surface area contributed by atoms with E-state index in [1.54, 1.807) is 42.0 Å². The normalized spacial score (nSPS) is 17.4. The topological polar surface area (TPSA) is 77.8 Å². The molecule has 1 unspecified atom stereocenters. The van der Waals surface area contributed by atoms with Crippen molar-refractivity contribution in [1.82, 2.24) is 9.88 Å². The molecule has 0 spiro atoms. The summed E-state index contributed by atoms with van der Waals surface area (Å²) < 4.78 is 0. The van der Waals surface area contributed by atoms with Gasteiger partial charge in [-0.05, 0) is 28.8 Å². The van der Waals surface area contributed by atoms with Crippen molar-refractivity contribution in [2.75, 3.05) is 27.2 Å². The molecular weight excluding hydrogens is 350 g/mol. The molecule has 1 atom stereocenters. The average molecular weight is 371 g/mol. The quantitative estimate of drug-likeness (QED) is 0.698. The first-order chi connectivity index (χ1) is 12.5. The molecule has 0 aromatic carbocycles. The smallest absolute Gasteiger partial charge is 0.239 e. The zero-order valence-electron chi connectivity index (χ0n) is 14.8. The molecule has 1 aliphatic rings. The number of carbonyl (C=O) groups excluding carboxylic acids is 2. The van der Waals surface area contributed by atoms with Gasteiger partial charge in [0.1, 0.15) is 0 Å². The van der Waals surface area contributed by atoms with Crippen LogP contribution >= 0.6 is 11.3 Å².